The number of aromatic nitrogens is 3. The van der Waals surface area contributed by atoms with Crippen molar-refractivity contribution in [1.29, 1.82) is 0 Å². The predicted octanol–water partition coefficient (Wildman–Crippen LogP) is 2.70. The number of anilines is 1. The number of nitrogens with one attached hydrogen (secondary N) is 1. The third-order valence-corrected chi connectivity index (χ3v) is 3.34. The standard InChI is InChI=1S/C12H10N4S/c1-4-13-8-16-9(1)7-15-12-10-3-6-17-11(10)2-5-14-12/h1-6,8H,7H2,(H,14,15). The monoisotopic (exact) mass is 242 g/mol. The van der Waals surface area contributed by atoms with Gasteiger partial charge in [-0.2, -0.15) is 0 Å². The van der Waals surface area contributed by atoms with E-state index in [9.17, 15) is 0 Å². The molecular weight excluding hydrogens is 232 g/mol. The van der Waals surface area contributed by atoms with E-state index in [1.807, 2.05) is 18.3 Å². The zero-order chi connectivity index (χ0) is 11.5. The highest BCUT2D eigenvalue weighted by molar-refractivity contribution is 7.17. The van der Waals surface area contributed by atoms with E-state index in [-0.39, 0.29) is 0 Å². The third kappa shape index (κ3) is 2.09. The summed E-state index contributed by atoms with van der Waals surface area (Å²) in [6, 6.07) is 5.99. The molecule has 0 saturated heterocycles. The molecule has 0 aliphatic rings. The Labute approximate surface area is 102 Å². The van der Waals surface area contributed by atoms with Gasteiger partial charge in [-0.05, 0) is 23.6 Å². The van der Waals surface area contributed by atoms with Gasteiger partial charge in [0, 0.05) is 22.5 Å². The molecule has 3 heterocycles. The first-order valence-corrected chi connectivity index (χ1v) is 6.12. The number of fused-ring (bicyclic) bond motifs is 1. The Morgan fingerprint density at radius 2 is 2.12 bits per heavy atom. The van der Waals surface area contributed by atoms with Crippen molar-refractivity contribution in [3.05, 3.63) is 48.0 Å². The van der Waals surface area contributed by atoms with Crippen molar-refractivity contribution in [2.24, 2.45) is 0 Å². The van der Waals surface area contributed by atoms with E-state index in [0.717, 1.165) is 16.9 Å². The number of rotatable bonds is 3. The molecule has 0 saturated carbocycles. The van der Waals surface area contributed by atoms with Crippen LogP contribution in [0.25, 0.3) is 10.1 Å². The van der Waals surface area contributed by atoms with Crippen molar-refractivity contribution in [3.8, 4) is 0 Å². The van der Waals surface area contributed by atoms with Crippen molar-refractivity contribution in [2.75, 3.05) is 5.32 Å². The van der Waals surface area contributed by atoms with Gasteiger partial charge in [0.15, 0.2) is 0 Å². The van der Waals surface area contributed by atoms with Crippen molar-refractivity contribution < 1.29 is 0 Å². The number of hydrogen-bond acceptors (Lipinski definition) is 5. The van der Waals surface area contributed by atoms with E-state index < -0.39 is 0 Å². The van der Waals surface area contributed by atoms with Gasteiger partial charge in [-0.15, -0.1) is 11.3 Å². The molecule has 3 aromatic heterocycles. The second-order valence-corrected chi connectivity index (χ2v) is 4.49. The molecule has 0 radical (unpaired) electrons. The van der Waals surface area contributed by atoms with Crippen LogP contribution in [-0.4, -0.2) is 15.0 Å². The molecular formula is C12H10N4S. The van der Waals surface area contributed by atoms with Gasteiger partial charge in [0.05, 0.1) is 12.2 Å². The maximum atomic E-state index is 4.35. The first kappa shape index (κ1) is 10.2. The zero-order valence-corrected chi connectivity index (χ0v) is 9.81. The molecule has 0 aromatic carbocycles. The van der Waals surface area contributed by atoms with Crippen LogP contribution in [0.1, 0.15) is 5.69 Å². The van der Waals surface area contributed by atoms with Gasteiger partial charge >= 0.3 is 0 Å². The SMILES string of the molecule is c1cc(CNc2nccc3sccc23)ncn1. The summed E-state index contributed by atoms with van der Waals surface area (Å²) in [7, 11) is 0. The second kappa shape index (κ2) is 4.47. The van der Waals surface area contributed by atoms with Crippen LogP contribution in [0.15, 0.2) is 42.3 Å². The fourth-order valence-corrected chi connectivity index (χ4v) is 2.41. The van der Waals surface area contributed by atoms with Crippen molar-refractivity contribution in [3.63, 3.8) is 0 Å². The van der Waals surface area contributed by atoms with Gasteiger partial charge in [0.1, 0.15) is 12.1 Å². The van der Waals surface area contributed by atoms with Crippen LogP contribution in [0.2, 0.25) is 0 Å². The lowest BCUT2D eigenvalue weighted by atomic mass is 10.3. The molecule has 0 fully saturated rings. The van der Waals surface area contributed by atoms with Crippen LogP contribution in [0.4, 0.5) is 5.82 Å². The third-order valence-electron chi connectivity index (χ3n) is 2.46. The molecule has 0 atom stereocenters. The molecule has 0 amide bonds. The molecule has 1 N–H and O–H groups in total. The summed E-state index contributed by atoms with van der Waals surface area (Å²) in [5, 5.41) is 6.53. The van der Waals surface area contributed by atoms with Crippen LogP contribution in [-0.2, 0) is 6.54 Å². The smallest absolute Gasteiger partial charge is 0.134 e. The van der Waals surface area contributed by atoms with E-state index in [1.165, 1.54) is 4.70 Å². The molecule has 0 aliphatic carbocycles. The summed E-state index contributed by atoms with van der Waals surface area (Å²) in [6.07, 6.45) is 5.11. The van der Waals surface area contributed by atoms with Crippen LogP contribution in [0, 0.1) is 0 Å². The lowest BCUT2D eigenvalue weighted by molar-refractivity contribution is 0.999. The Bertz CT molecular complexity index is 620. The first-order chi connectivity index (χ1) is 8.43. The molecule has 3 rings (SSSR count). The average molecular weight is 242 g/mol. The van der Waals surface area contributed by atoms with E-state index in [1.54, 1.807) is 23.9 Å². The van der Waals surface area contributed by atoms with Gasteiger partial charge in [-0.3, -0.25) is 0 Å². The maximum Gasteiger partial charge on any atom is 0.134 e. The fourth-order valence-electron chi connectivity index (χ4n) is 1.63. The summed E-state index contributed by atoms with van der Waals surface area (Å²) in [5.41, 5.74) is 0.953. The average Bonchev–Trinajstić information content (AvgIpc) is 2.86. The van der Waals surface area contributed by atoms with Crippen molar-refractivity contribution >= 4 is 27.2 Å². The summed E-state index contributed by atoms with van der Waals surface area (Å²) in [4.78, 5) is 12.4. The topological polar surface area (TPSA) is 50.7 Å². The molecule has 84 valence electrons. The van der Waals surface area contributed by atoms with Crippen LogP contribution in [0.3, 0.4) is 0 Å². The highest BCUT2D eigenvalue weighted by Crippen LogP contribution is 2.25. The van der Waals surface area contributed by atoms with Crippen LogP contribution < -0.4 is 5.32 Å². The van der Waals surface area contributed by atoms with Crippen LogP contribution >= 0.6 is 11.3 Å². The molecule has 3 aromatic rings. The van der Waals surface area contributed by atoms with Crippen molar-refractivity contribution in [1.82, 2.24) is 15.0 Å². The molecule has 5 heteroatoms. The summed E-state index contributed by atoms with van der Waals surface area (Å²) in [5.74, 6) is 0.905. The largest absolute Gasteiger partial charge is 0.364 e. The summed E-state index contributed by atoms with van der Waals surface area (Å²) in [6.45, 7) is 0.657. The van der Waals surface area contributed by atoms with E-state index in [4.69, 9.17) is 0 Å². The maximum absolute atomic E-state index is 4.35. The summed E-state index contributed by atoms with van der Waals surface area (Å²) < 4.78 is 1.24. The number of thiophene rings is 1. The molecule has 0 bridgehead atoms. The number of nitrogens with zero attached hydrogens (tertiary/aromatic N) is 3. The Hall–Kier alpha value is -2.01. The second-order valence-electron chi connectivity index (χ2n) is 3.55. The van der Waals surface area contributed by atoms with E-state index >= 15 is 0 Å². The lowest BCUT2D eigenvalue weighted by Crippen LogP contribution is -2.03. The number of hydrogen-bond donors (Lipinski definition) is 1. The van der Waals surface area contributed by atoms with Gasteiger partial charge in [-0.25, -0.2) is 15.0 Å². The minimum absolute atomic E-state index is 0.657. The molecule has 4 nitrogen and oxygen atoms in total. The minimum Gasteiger partial charge on any atom is -0.364 e. The molecule has 0 aliphatic heterocycles. The van der Waals surface area contributed by atoms with E-state index in [0.29, 0.717) is 6.54 Å². The van der Waals surface area contributed by atoms with Crippen LogP contribution in [0.5, 0.6) is 0 Å². The molecule has 0 unspecified atom stereocenters. The van der Waals surface area contributed by atoms with E-state index in [2.05, 4.69) is 31.7 Å². The first-order valence-electron chi connectivity index (χ1n) is 5.24. The lowest BCUT2D eigenvalue weighted by Gasteiger charge is -2.05. The van der Waals surface area contributed by atoms with Crippen molar-refractivity contribution in [2.45, 2.75) is 6.54 Å². The van der Waals surface area contributed by atoms with Gasteiger partial charge in [0.25, 0.3) is 0 Å². The predicted molar refractivity (Wildman–Crippen MR) is 69.0 cm³/mol. The molecule has 17 heavy (non-hydrogen) atoms. The quantitative estimate of drug-likeness (QED) is 0.767. The highest BCUT2D eigenvalue weighted by Gasteiger charge is 2.02. The summed E-state index contributed by atoms with van der Waals surface area (Å²) >= 11 is 1.72. The Kier molecular flexibility index (Phi) is 2.67. The Morgan fingerprint density at radius 1 is 1.12 bits per heavy atom. The normalized spacial score (nSPS) is 10.6. The Balaban J connectivity index is 1.84. The highest BCUT2D eigenvalue weighted by atomic mass is 32.1. The zero-order valence-electron chi connectivity index (χ0n) is 9.00. The molecule has 0 spiro atoms. The number of pyridine rings is 1. The minimum atomic E-state index is 0.657. The van der Waals surface area contributed by atoms with Gasteiger partial charge in [0.2, 0.25) is 0 Å². The Morgan fingerprint density at radius 3 is 3.00 bits per heavy atom. The fraction of sp³-hybridized carbons (Fsp3) is 0.0833. The van der Waals surface area contributed by atoms with Gasteiger partial charge in [-0.1, -0.05) is 0 Å². The van der Waals surface area contributed by atoms with Gasteiger partial charge < -0.3 is 5.32 Å².